The average Bonchev–Trinajstić information content (AvgIpc) is 2.61. The Labute approximate surface area is 144 Å². The molecular weight excluding hydrogens is 303 g/mol. The van der Waals surface area contributed by atoms with Crippen molar-refractivity contribution >= 4 is 5.91 Å². The largest absolute Gasteiger partial charge is 0.343 e. The van der Waals surface area contributed by atoms with Crippen molar-refractivity contribution in [3.63, 3.8) is 0 Å². The molecule has 1 aromatic carbocycles. The van der Waals surface area contributed by atoms with E-state index in [-0.39, 0.29) is 11.7 Å². The molecule has 1 atom stereocenters. The van der Waals surface area contributed by atoms with Crippen molar-refractivity contribution in [2.45, 2.75) is 51.5 Å². The van der Waals surface area contributed by atoms with Crippen LogP contribution < -0.4 is 0 Å². The molecule has 0 spiro atoms. The summed E-state index contributed by atoms with van der Waals surface area (Å²) in [4.78, 5) is 16.1. The highest BCUT2D eigenvalue weighted by atomic mass is 19.1. The van der Waals surface area contributed by atoms with E-state index in [1.54, 1.807) is 19.1 Å². The molecule has 0 aromatic heterocycles. The quantitative estimate of drug-likeness (QED) is 0.843. The summed E-state index contributed by atoms with van der Waals surface area (Å²) in [6.45, 7) is 5.78. The molecule has 3 nitrogen and oxygen atoms in total. The first kappa shape index (κ1) is 17.4. The van der Waals surface area contributed by atoms with Crippen molar-refractivity contribution in [2.24, 2.45) is 5.92 Å². The summed E-state index contributed by atoms with van der Waals surface area (Å²) in [5, 5.41) is 0. The van der Waals surface area contributed by atoms with Crippen LogP contribution >= 0.6 is 0 Å². The number of amides is 1. The molecule has 0 aliphatic carbocycles. The van der Waals surface area contributed by atoms with Gasteiger partial charge in [0.2, 0.25) is 5.91 Å². The predicted molar refractivity (Wildman–Crippen MR) is 94.3 cm³/mol. The van der Waals surface area contributed by atoms with E-state index in [4.69, 9.17) is 0 Å². The lowest BCUT2D eigenvalue weighted by molar-refractivity contribution is -0.130. The van der Waals surface area contributed by atoms with Crippen LogP contribution in [0.5, 0.6) is 0 Å². The van der Waals surface area contributed by atoms with Crippen molar-refractivity contribution in [2.75, 3.05) is 26.2 Å². The van der Waals surface area contributed by atoms with Gasteiger partial charge in [-0.2, -0.15) is 0 Å². The minimum atomic E-state index is -0.0678. The maximum absolute atomic E-state index is 13.8. The van der Waals surface area contributed by atoms with Crippen molar-refractivity contribution < 1.29 is 9.18 Å². The minimum Gasteiger partial charge on any atom is -0.343 e. The normalized spacial score (nSPS) is 23.4. The number of carbonyl (C=O) groups is 1. The monoisotopic (exact) mass is 332 g/mol. The standard InChI is InChI=1S/C20H29FN2O/c1-16(24)22-13-10-19(11-14-22)23-12-4-5-17(15-23)8-9-18-6-2-3-7-20(18)21/h2-3,6-7,17,19H,4-5,8-15H2,1H3/t17-/m1/s1. The van der Waals surface area contributed by atoms with Crippen LogP contribution in [0, 0.1) is 11.7 Å². The third kappa shape index (κ3) is 4.35. The van der Waals surface area contributed by atoms with Crippen LogP contribution in [-0.2, 0) is 11.2 Å². The Bertz CT molecular complexity index is 554. The Morgan fingerprint density at radius 2 is 1.92 bits per heavy atom. The van der Waals surface area contributed by atoms with E-state index >= 15 is 0 Å². The molecule has 1 amide bonds. The van der Waals surface area contributed by atoms with Crippen LogP contribution in [0.25, 0.3) is 0 Å². The van der Waals surface area contributed by atoms with Gasteiger partial charge >= 0.3 is 0 Å². The van der Waals surface area contributed by atoms with Crippen LogP contribution in [0.15, 0.2) is 24.3 Å². The Hall–Kier alpha value is -1.42. The first-order valence-corrected chi connectivity index (χ1v) is 9.36. The van der Waals surface area contributed by atoms with E-state index in [9.17, 15) is 9.18 Å². The highest BCUT2D eigenvalue weighted by Gasteiger charge is 2.29. The van der Waals surface area contributed by atoms with Gasteiger partial charge in [-0.25, -0.2) is 4.39 Å². The topological polar surface area (TPSA) is 23.6 Å². The summed E-state index contributed by atoms with van der Waals surface area (Å²) in [5.41, 5.74) is 0.851. The van der Waals surface area contributed by atoms with Gasteiger partial charge in [-0.05, 0) is 62.6 Å². The molecule has 0 saturated carbocycles. The molecule has 2 fully saturated rings. The summed E-state index contributed by atoms with van der Waals surface area (Å²) in [5.74, 6) is 0.806. The Balaban J connectivity index is 1.48. The minimum absolute atomic E-state index is 0.0678. The zero-order valence-corrected chi connectivity index (χ0v) is 14.7. The fraction of sp³-hybridized carbons (Fsp3) is 0.650. The van der Waals surface area contributed by atoms with Crippen molar-refractivity contribution in [1.29, 1.82) is 0 Å². The van der Waals surface area contributed by atoms with Gasteiger partial charge in [0.25, 0.3) is 0 Å². The van der Waals surface area contributed by atoms with E-state index in [0.717, 1.165) is 50.9 Å². The van der Waals surface area contributed by atoms with E-state index in [0.29, 0.717) is 12.0 Å². The molecule has 2 saturated heterocycles. The number of rotatable bonds is 4. The van der Waals surface area contributed by atoms with Gasteiger partial charge in [-0.3, -0.25) is 9.69 Å². The molecule has 3 rings (SSSR count). The molecule has 2 aliphatic heterocycles. The zero-order valence-electron chi connectivity index (χ0n) is 14.7. The number of piperidine rings is 2. The zero-order chi connectivity index (χ0) is 16.9. The number of hydrogen-bond donors (Lipinski definition) is 0. The van der Waals surface area contributed by atoms with Crippen molar-refractivity contribution in [3.8, 4) is 0 Å². The van der Waals surface area contributed by atoms with E-state index < -0.39 is 0 Å². The molecule has 24 heavy (non-hydrogen) atoms. The molecule has 132 valence electrons. The number of halogens is 1. The lowest BCUT2D eigenvalue weighted by Crippen LogP contribution is -2.49. The average molecular weight is 332 g/mol. The van der Waals surface area contributed by atoms with E-state index in [1.165, 1.54) is 19.4 Å². The summed E-state index contributed by atoms with van der Waals surface area (Å²) < 4.78 is 13.8. The molecule has 2 aliphatic rings. The third-order valence-electron chi connectivity index (χ3n) is 5.76. The maximum Gasteiger partial charge on any atom is 0.219 e. The van der Waals surface area contributed by atoms with Crippen molar-refractivity contribution in [1.82, 2.24) is 9.80 Å². The first-order valence-electron chi connectivity index (χ1n) is 9.36. The summed E-state index contributed by atoms with van der Waals surface area (Å²) in [7, 11) is 0. The maximum atomic E-state index is 13.8. The predicted octanol–water partition coefficient (Wildman–Crippen LogP) is 3.48. The lowest BCUT2D eigenvalue weighted by atomic mass is 9.89. The smallest absolute Gasteiger partial charge is 0.219 e. The van der Waals surface area contributed by atoms with Gasteiger partial charge in [0, 0.05) is 32.6 Å². The van der Waals surface area contributed by atoms with Crippen LogP contribution in [0.2, 0.25) is 0 Å². The van der Waals surface area contributed by atoms with Crippen LogP contribution in [0.4, 0.5) is 4.39 Å². The Morgan fingerprint density at radius 1 is 1.17 bits per heavy atom. The number of benzene rings is 1. The van der Waals surface area contributed by atoms with Crippen LogP contribution in [-0.4, -0.2) is 47.9 Å². The highest BCUT2D eigenvalue weighted by Crippen LogP contribution is 2.26. The SMILES string of the molecule is CC(=O)N1CCC(N2CCC[C@H](CCc3ccccc3F)C2)CC1. The second-order valence-electron chi connectivity index (χ2n) is 7.37. The summed E-state index contributed by atoms with van der Waals surface area (Å²) >= 11 is 0. The molecule has 0 radical (unpaired) electrons. The molecular formula is C20H29FN2O. The van der Waals surface area contributed by atoms with Crippen LogP contribution in [0.1, 0.15) is 44.6 Å². The number of aryl methyl sites for hydroxylation is 1. The molecule has 0 N–H and O–H groups in total. The van der Waals surface area contributed by atoms with Gasteiger partial charge in [-0.1, -0.05) is 18.2 Å². The number of hydrogen-bond acceptors (Lipinski definition) is 2. The van der Waals surface area contributed by atoms with E-state index in [1.807, 2.05) is 17.0 Å². The van der Waals surface area contributed by atoms with Gasteiger partial charge in [0.1, 0.15) is 5.82 Å². The van der Waals surface area contributed by atoms with Gasteiger partial charge in [0.05, 0.1) is 0 Å². The Morgan fingerprint density at radius 3 is 2.62 bits per heavy atom. The second kappa shape index (κ2) is 8.11. The fourth-order valence-electron chi connectivity index (χ4n) is 4.27. The number of likely N-dealkylation sites (tertiary alicyclic amines) is 2. The molecule has 4 heteroatoms. The number of nitrogens with zero attached hydrogens (tertiary/aromatic N) is 2. The summed E-state index contributed by atoms with van der Waals surface area (Å²) in [6.07, 6.45) is 6.61. The van der Waals surface area contributed by atoms with E-state index in [2.05, 4.69) is 4.90 Å². The lowest BCUT2D eigenvalue weighted by Gasteiger charge is -2.42. The third-order valence-corrected chi connectivity index (χ3v) is 5.76. The fourth-order valence-corrected chi connectivity index (χ4v) is 4.27. The second-order valence-corrected chi connectivity index (χ2v) is 7.37. The van der Waals surface area contributed by atoms with Gasteiger partial charge < -0.3 is 4.90 Å². The summed E-state index contributed by atoms with van der Waals surface area (Å²) in [6, 6.07) is 7.78. The Kier molecular flexibility index (Phi) is 5.88. The van der Waals surface area contributed by atoms with Crippen molar-refractivity contribution in [3.05, 3.63) is 35.6 Å². The number of carbonyl (C=O) groups excluding carboxylic acids is 1. The van der Waals surface area contributed by atoms with Crippen LogP contribution in [0.3, 0.4) is 0 Å². The molecule has 0 bridgehead atoms. The highest BCUT2D eigenvalue weighted by molar-refractivity contribution is 5.73. The molecule has 2 heterocycles. The van der Waals surface area contributed by atoms with Gasteiger partial charge in [0.15, 0.2) is 0 Å². The first-order chi connectivity index (χ1) is 11.6. The molecule has 1 aromatic rings. The molecule has 0 unspecified atom stereocenters. The van der Waals surface area contributed by atoms with Gasteiger partial charge in [-0.15, -0.1) is 0 Å².